The molecule has 1 aromatic heterocycles. The molecule has 2 aliphatic rings. The smallest absolute Gasteiger partial charge is 0.244 e. The van der Waals surface area contributed by atoms with E-state index < -0.39 is 6.04 Å². The monoisotopic (exact) mass is 390 g/mol. The van der Waals surface area contributed by atoms with E-state index >= 15 is 0 Å². The van der Waals surface area contributed by atoms with Crippen LogP contribution in [0.3, 0.4) is 0 Å². The molecule has 0 saturated carbocycles. The summed E-state index contributed by atoms with van der Waals surface area (Å²) in [6.07, 6.45) is 0. The summed E-state index contributed by atoms with van der Waals surface area (Å²) in [5.41, 5.74) is 1.81. The second kappa shape index (κ2) is 7.00. The van der Waals surface area contributed by atoms with Crippen LogP contribution in [-0.4, -0.2) is 58.8 Å². The molecule has 5 rings (SSSR count). The number of hydrogen-bond acceptors (Lipinski definition) is 5. The van der Waals surface area contributed by atoms with Gasteiger partial charge in [0.1, 0.15) is 11.8 Å². The topological polar surface area (TPSA) is 78.7 Å². The average Bonchev–Trinajstić information content (AvgIpc) is 3.11. The van der Waals surface area contributed by atoms with Gasteiger partial charge in [0.05, 0.1) is 12.2 Å². The lowest BCUT2D eigenvalue weighted by Crippen LogP contribution is -2.65. The molecular formula is C22H22N4O3. The Morgan fingerprint density at radius 1 is 1.14 bits per heavy atom. The third kappa shape index (κ3) is 3.27. The van der Waals surface area contributed by atoms with Gasteiger partial charge in [0, 0.05) is 31.7 Å². The molecule has 3 aromatic rings. The Kier molecular flexibility index (Phi) is 4.32. The second-order valence-corrected chi connectivity index (χ2v) is 7.64. The number of amides is 2. The van der Waals surface area contributed by atoms with Crippen LogP contribution in [0.2, 0.25) is 0 Å². The molecule has 0 unspecified atom stereocenters. The van der Waals surface area contributed by atoms with Crippen molar-refractivity contribution >= 4 is 22.6 Å². The molecule has 2 aromatic carbocycles. The number of rotatable bonds is 3. The van der Waals surface area contributed by atoms with Gasteiger partial charge in [-0.15, -0.1) is 0 Å². The highest BCUT2D eigenvalue weighted by molar-refractivity contribution is 5.95. The van der Waals surface area contributed by atoms with E-state index in [1.807, 2.05) is 25.1 Å². The van der Waals surface area contributed by atoms with Gasteiger partial charge in [-0.2, -0.15) is 0 Å². The number of nitrogens with one attached hydrogen (secondary N) is 1. The number of fused-ring (bicyclic) bond motifs is 2. The number of hydrogen-bond donors (Lipinski definition) is 1. The van der Waals surface area contributed by atoms with Gasteiger partial charge in [-0.25, -0.2) is 4.98 Å². The third-order valence-electron chi connectivity index (χ3n) is 5.76. The zero-order chi connectivity index (χ0) is 20.0. The molecule has 0 radical (unpaired) electrons. The van der Waals surface area contributed by atoms with Crippen LogP contribution in [0, 0.1) is 6.92 Å². The number of benzene rings is 2. The van der Waals surface area contributed by atoms with E-state index in [-0.39, 0.29) is 18.4 Å². The number of nitrogens with zero attached hydrogens (tertiary/aromatic N) is 3. The first-order valence-electron chi connectivity index (χ1n) is 9.83. The van der Waals surface area contributed by atoms with E-state index in [0.29, 0.717) is 32.1 Å². The number of aryl methyl sites for hydroxylation is 1. The summed E-state index contributed by atoms with van der Waals surface area (Å²) >= 11 is 0. The van der Waals surface area contributed by atoms with E-state index in [1.54, 1.807) is 4.90 Å². The van der Waals surface area contributed by atoms with Gasteiger partial charge in [0.2, 0.25) is 17.7 Å². The van der Waals surface area contributed by atoms with Crippen LogP contribution in [0.15, 0.2) is 46.9 Å². The first-order valence-corrected chi connectivity index (χ1v) is 9.83. The van der Waals surface area contributed by atoms with E-state index in [2.05, 4.69) is 34.5 Å². The van der Waals surface area contributed by atoms with Gasteiger partial charge >= 0.3 is 0 Å². The molecule has 0 bridgehead atoms. The van der Waals surface area contributed by atoms with E-state index in [4.69, 9.17) is 9.40 Å². The van der Waals surface area contributed by atoms with Crippen molar-refractivity contribution in [2.45, 2.75) is 19.5 Å². The summed E-state index contributed by atoms with van der Waals surface area (Å²) in [4.78, 5) is 32.8. The van der Waals surface area contributed by atoms with Crippen LogP contribution >= 0.6 is 0 Å². The number of carbonyl (C=O) groups excluding carboxylic acids is 2. The number of aromatic nitrogens is 1. The predicted octanol–water partition coefficient (Wildman–Crippen LogP) is 1.95. The fourth-order valence-electron chi connectivity index (χ4n) is 4.12. The lowest BCUT2D eigenvalue weighted by molar-refractivity contribution is -0.149. The molecule has 7 nitrogen and oxygen atoms in total. The standard InChI is InChI=1S/C22H22N4O3/c1-14-18(12-25-8-9-26-19(13-25)21(28)23-11-20(26)27)24-22(29-14)17-7-6-15-4-2-3-5-16(15)10-17/h2-7,10,19H,8-9,11-13H2,1H3,(H,23,28)/t19-/m1/s1. The van der Waals surface area contributed by atoms with E-state index in [9.17, 15) is 9.59 Å². The maximum Gasteiger partial charge on any atom is 0.244 e. The molecule has 2 fully saturated rings. The van der Waals surface area contributed by atoms with Crippen molar-refractivity contribution in [3.63, 3.8) is 0 Å². The number of piperazine rings is 2. The number of oxazole rings is 1. The average molecular weight is 390 g/mol. The van der Waals surface area contributed by atoms with Gasteiger partial charge in [-0.1, -0.05) is 30.3 Å². The molecule has 1 N–H and O–H groups in total. The van der Waals surface area contributed by atoms with Crippen molar-refractivity contribution in [1.82, 2.24) is 20.1 Å². The fraction of sp³-hybridized carbons (Fsp3) is 0.318. The molecule has 29 heavy (non-hydrogen) atoms. The van der Waals surface area contributed by atoms with Crippen LogP contribution in [0.25, 0.3) is 22.2 Å². The van der Waals surface area contributed by atoms with Crippen LogP contribution < -0.4 is 5.32 Å². The molecule has 2 aliphatic heterocycles. The minimum absolute atomic E-state index is 0.00884. The largest absolute Gasteiger partial charge is 0.441 e. The maximum atomic E-state index is 12.2. The third-order valence-corrected chi connectivity index (χ3v) is 5.76. The summed E-state index contributed by atoms with van der Waals surface area (Å²) < 4.78 is 5.95. The minimum atomic E-state index is -0.419. The first kappa shape index (κ1) is 17.9. The summed E-state index contributed by atoms with van der Waals surface area (Å²) in [5.74, 6) is 1.29. The Morgan fingerprint density at radius 3 is 2.83 bits per heavy atom. The Labute approximate surface area is 168 Å². The SMILES string of the molecule is Cc1oc(-c2ccc3ccccc3c2)nc1CN1CCN2C(=O)CNC(=O)[C@H]2C1. The predicted molar refractivity (Wildman–Crippen MR) is 108 cm³/mol. The highest BCUT2D eigenvalue weighted by Gasteiger charge is 2.38. The summed E-state index contributed by atoms with van der Waals surface area (Å²) in [6.45, 7) is 4.40. The zero-order valence-electron chi connectivity index (χ0n) is 16.2. The van der Waals surface area contributed by atoms with Gasteiger partial charge in [0.15, 0.2) is 0 Å². The van der Waals surface area contributed by atoms with Crippen molar-refractivity contribution in [2.75, 3.05) is 26.2 Å². The highest BCUT2D eigenvalue weighted by atomic mass is 16.4. The Hall–Kier alpha value is -3.19. The molecule has 0 spiro atoms. The summed E-state index contributed by atoms with van der Waals surface area (Å²) in [6, 6.07) is 14.0. The Balaban J connectivity index is 1.35. The van der Waals surface area contributed by atoms with E-state index in [1.165, 1.54) is 5.39 Å². The van der Waals surface area contributed by atoms with Gasteiger partial charge in [-0.3, -0.25) is 14.5 Å². The van der Waals surface area contributed by atoms with Crippen LogP contribution in [0.1, 0.15) is 11.5 Å². The van der Waals surface area contributed by atoms with Crippen molar-refractivity contribution in [2.24, 2.45) is 0 Å². The molecule has 7 heteroatoms. The van der Waals surface area contributed by atoms with Crippen LogP contribution in [0.5, 0.6) is 0 Å². The van der Waals surface area contributed by atoms with E-state index in [0.717, 1.165) is 22.4 Å². The van der Waals surface area contributed by atoms with Gasteiger partial charge in [-0.05, 0) is 29.8 Å². The van der Waals surface area contributed by atoms with Crippen molar-refractivity contribution < 1.29 is 14.0 Å². The van der Waals surface area contributed by atoms with Crippen molar-refractivity contribution in [1.29, 1.82) is 0 Å². The summed E-state index contributed by atoms with van der Waals surface area (Å²) in [7, 11) is 0. The minimum Gasteiger partial charge on any atom is -0.441 e. The molecule has 2 amide bonds. The molecule has 3 heterocycles. The zero-order valence-corrected chi connectivity index (χ0v) is 16.2. The first-order chi connectivity index (χ1) is 14.1. The number of carbonyl (C=O) groups is 2. The molecule has 0 aliphatic carbocycles. The highest BCUT2D eigenvalue weighted by Crippen LogP contribution is 2.26. The second-order valence-electron chi connectivity index (χ2n) is 7.64. The molecule has 148 valence electrons. The fourth-order valence-corrected chi connectivity index (χ4v) is 4.12. The molecule has 1 atom stereocenters. The molecule has 2 saturated heterocycles. The lowest BCUT2D eigenvalue weighted by atomic mass is 10.1. The van der Waals surface area contributed by atoms with Crippen LogP contribution in [0.4, 0.5) is 0 Å². The molecular weight excluding hydrogens is 368 g/mol. The maximum absolute atomic E-state index is 12.2. The summed E-state index contributed by atoms with van der Waals surface area (Å²) in [5, 5.41) is 5.00. The van der Waals surface area contributed by atoms with Gasteiger partial charge in [0.25, 0.3) is 0 Å². The van der Waals surface area contributed by atoms with Crippen molar-refractivity contribution in [3.8, 4) is 11.5 Å². The Bertz CT molecular complexity index is 1110. The quantitative estimate of drug-likeness (QED) is 0.740. The Morgan fingerprint density at radius 2 is 1.97 bits per heavy atom. The van der Waals surface area contributed by atoms with Crippen LogP contribution in [-0.2, 0) is 16.1 Å². The van der Waals surface area contributed by atoms with Gasteiger partial charge < -0.3 is 14.6 Å². The lowest BCUT2D eigenvalue weighted by Gasteiger charge is -2.42. The van der Waals surface area contributed by atoms with Crippen molar-refractivity contribution in [3.05, 3.63) is 53.9 Å². The normalized spacial score (nSPS) is 20.0.